The fraction of sp³-hybridized carbons (Fsp3) is 0.133. The number of hydrogen-bond donors (Lipinski definition) is 1. The highest BCUT2D eigenvalue weighted by Crippen LogP contribution is 2.17. The van der Waals surface area contributed by atoms with E-state index in [1.54, 1.807) is 55.5 Å². The number of ether oxygens (including phenoxy) is 1. The number of carbonyl (C=O) groups excluding carboxylic acids is 1. The number of carbonyl (C=O) groups is 1. The molecule has 4 heteroatoms. The molecule has 2 aromatic rings. The summed E-state index contributed by atoms with van der Waals surface area (Å²) in [5.74, 6) is 0.0824. The van der Waals surface area contributed by atoms with E-state index in [1.807, 2.05) is 6.07 Å². The van der Waals surface area contributed by atoms with Crippen molar-refractivity contribution in [2.24, 2.45) is 0 Å². The average molecular weight is 258 g/mol. The van der Waals surface area contributed by atoms with Crippen LogP contribution in [-0.2, 0) is 4.89 Å². The SMILES string of the molecule is CC(OO)c1ccc(C(=O)Oc2ccccc2)cc1. The maximum absolute atomic E-state index is 11.9. The van der Waals surface area contributed by atoms with Crippen molar-refractivity contribution in [2.75, 3.05) is 0 Å². The van der Waals surface area contributed by atoms with Gasteiger partial charge >= 0.3 is 5.97 Å². The predicted molar refractivity (Wildman–Crippen MR) is 70.0 cm³/mol. The van der Waals surface area contributed by atoms with Crippen molar-refractivity contribution in [1.82, 2.24) is 0 Å². The molecule has 0 aliphatic rings. The first-order valence-electron chi connectivity index (χ1n) is 5.88. The lowest BCUT2D eigenvalue weighted by atomic mass is 10.1. The Morgan fingerprint density at radius 3 is 2.26 bits per heavy atom. The Morgan fingerprint density at radius 1 is 1.05 bits per heavy atom. The molecule has 0 amide bonds. The maximum Gasteiger partial charge on any atom is 0.343 e. The molecule has 0 fully saturated rings. The molecule has 19 heavy (non-hydrogen) atoms. The second kappa shape index (κ2) is 6.13. The van der Waals surface area contributed by atoms with Gasteiger partial charge in [0.25, 0.3) is 0 Å². The largest absolute Gasteiger partial charge is 0.423 e. The van der Waals surface area contributed by atoms with Gasteiger partial charge in [-0.05, 0) is 36.8 Å². The van der Waals surface area contributed by atoms with Crippen LogP contribution in [0, 0.1) is 0 Å². The van der Waals surface area contributed by atoms with Crippen LogP contribution in [-0.4, -0.2) is 11.2 Å². The molecule has 2 rings (SSSR count). The number of benzene rings is 2. The monoisotopic (exact) mass is 258 g/mol. The Morgan fingerprint density at radius 2 is 1.68 bits per heavy atom. The van der Waals surface area contributed by atoms with Crippen molar-refractivity contribution in [2.45, 2.75) is 13.0 Å². The third kappa shape index (κ3) is 3.40. The normalized spacial score (nSPS) is 11.9. The summed E-state index contributed by atoms with van der Waals surface area (Å²) < 4.78 is 5.21. The molecule has 0 aliphatic carbocycles. The van der Waals surface area contributed by atoms with Gasteiger partial charge in [0.2, 0.25) is 0 Å². The van der Waals surface area contributed by atoms with Gasteiger partial charge in [-0.1, -0.05) is 30.3 Å². The highest BCUT2D eigenvalue weighted by Gasteiger charge is 2.10. The topological polar surface area (TPSA) is 55.8 Å². The third-order valence-corrected chi connectivity index (χ3v) is 2.73. The van der Waals surface area contributed by atoms with E-state index >= 15 is 0 Å². The molecule has 0 spiro atoms. The van der Waals surface area contributed by atoms with E-state index in [0.29, 0.717) is 11.3 Å². The molecule has 0 bridgehead atoms. The molecule has 2 aromatic carbocycles. The van der Waals surface area contributed by atoms with Crippen molar-refractivity contribution in [3.05, 3.63) is 65.7 Å². The molecule has 1 atom stereocenters. The van der Waals surface area contributed by atoms with Gasteiger partial charge in [-0.15, -0.1) is 0 Å². The van der Waals surface area contributed by atoms with Gasteiger partial charge in [0, 0.05) is 0 Å². The van der Waals surface area contributed by atoms with Gasteiger partial charge in [0.1, 0.15) is 11.9 Å². The highest BCUT2D eigenvalue weighted by atomic mass is 17.1. The van der Waals surface area contributed by atoms with Crippen LogP contribution in [0.1, 0.15) is 28.9 Å². The lowest BCUT2D eigenvalue weighted by Crippen LogP contribution is -2.08. The molecule has 0 heterocycles. The summed E-state index contributed by atoms with van der Waals surface area (Å²) in [6, 6.07) is 15.6. The van der Waals surface area contributed by atoms with Crippen LogP contribution < -0.4 is 4.74 Å². The first-order chi connectivity index (χ1) is 9.20. The van der Waals surface area contributed by atoms with Crippen LogP contribution in [0.15, 0.2) is 54.6 Å². The summed E-state index contributed by atoms with van der Waals surface area (Å²) in [6.45, 7) is 1.71. The summed E-state index contributed by atoms with van der Waals surface area (Å²) in [4.78, 5) is 16.1. The van der Waals surface area contributed by atoms with Crippen molar-refractivity contribution in [3.63, 3.8) is 0 Å². The third-order valence-electron chi connectivity index (χ3n) is 2.73. The van der Waals surface area contributed by atoms with E-state index in [-0.39, 0.29) is 0 Å². The predicted octanol–water partition coefficient (Wildman–Crippen LogP) is 3.46. The van der Waals surface area contributed by atoms with E-state index in [0.717, 1.165) is 5.56 Å². The summed E-state index contributed by atoms with van der Waals surface area (Å²) in [6.07, 6.45) is -0.431. The average Bonchev–Trinajstić information content (AvgIpc) is 2.47. The Balaban J connectivity index is 2.08. The zero-order valence-electron chi connectivity index (χ0n) is 10.4. The van der Waals surface area contributed by atoms with Crippen LogP contribution in [0.25, 0.3) is 0 Å². The van der Waals surface area contributed by atoms with E-state index in [4.69, 9.17) is 9.99 Å². The zero-order chi connectivity index (χ0) is 13.7. The first-order valence-corrected chi connectivity index (χ1v) is 5.88. The summed E-state index contributed by atoms with van der Waals surface area (Å²) in [5, 5.41) is 8.57. The van der Waals surface area contributed by atoms with Crippen LogP contribution in [0.5, 0.6) is 5.75 Å². The number of hydrogen-bond acceptors (Lipinski definition) is 4. The van der Waals surface area contributed by atoms with Gasteiger partial charge in [0.15, 0.2) is 0 Å². The molecule has 1 N–H and O–H groups in total. The number of rotatable bonds is 4. The molecule has 0 saturated heterocycles. The summed E-state index contributed by atoms with van der Waals surface area (Å²) >= 11 is 0. The Hall–Kier alpha value is -2.17. The fourth-order valence-electron chi connectivity index (χ4n) is 1.61. The van der Waals surface area contributed by atoms with E-state index < -0.39 is 12.1 Å². The van der Waals surface area contributed by atoms with Gasteiger partial charge < -0.3 is 4.74 Å². The van der Waals surface area contributed by atoms with Crippen molar-refractivity contribution < 1.29 is 19.7 Å². The van der Waals surface area contributed by atoms with Crippen LogP contribution >= 0.6 is 0 Å². The zero-order valence-corrected chi connectivity index (χ0v) is 10.4. The quantitative estimate of drug-likeness (QED) is 0.395. The minimum absolute atomic E-state index is 0.421. The molecule has 98 valence electrons. The fourth-order valence-corrected chi connectivity index (χ4v) is 1.61. The lowest BCUT2D eigenvalue weighted by molar-refractivity contribution is -0.277. The second-order valence-corrected chi connectivity index (χ2v) is 4.07. The number of esters is 1. The minimum atomic E-state index is -0.431. The van der Waals surface area contributed by atoms with Gasteiger partial charge in [-0.3, -0.25) is 5.26 Å². The lowest BCUT2D eigenvalue weighted by Gasteiger charge is -2.08. The van der Waals surface area contributed by atoms with Crippen molar-refractivity contribution in [1.29, 1.82) is 0 Å². The molecule has 0 saturated carbocycles. The summed E-state index contributed by atoms with van der Waals surface area (Å²) in [7, 11) is 0. The smallest absolute Gasteiger partial charge is 0.343 e. The Kier molecular flexibility index (Phi) is 4.28. The Labute approximate surface area is 111 Å². The van der Waals surface area contributed by atoms with Crippen molar-refractivity contribution in [3.8, 4) is 5.75 Å². The first kappa shape index (κ1) is 13.3. The summed E-state index contributed by atoms with van der Waals surface area (Å²) in [5.41, 5.74) is 1.22. The van der Waals surface area contributed by atoms with Gasteiger partial charge in [0.05, 0.1) is 5.56 Å². The molecular formula is C15H14O4. The maximum atomic E-state index is 11.9. The van der Waals surface area contributed by atoms with Crippen LogP contribution in [0.3, 0.4) is 0 Å². The Bertz CT molecular complexity index is 534. The highest BCUT2D eigenvalue weighted by molar-refractivity contribution is 5.91. The number of para-hydroxylation sites is 1. The molecule has 4 nitrogen and oxygen atoms in total. The molecule has 0 radical (unpaired) electrons. The van der Waals surface area contributed by atoms with Crippen molar-refractivity contribution >= 4 is 5.97 Å². The van der Waals surface area contributed by atoms with E-state index in [2.05, 4.69) is 4.89 Å². The van der Waals surface area contributed by atoms with Gasteiger partial charge in [-0.2, -0.15) is 0 Å². The van der Waals surface area contributed by atoms with Gasteiger partial charge in [-0.25, -0.2) is 9.68 Å². The van der Waals surface area contributed by atoms with E-state index in [9.17, 15) is 4.79 Å². The molecular weight excluding hydrogens is 244 g/mol. The van der Waals surface area contributed by atoms with Crippen LogP contribution in [0.2, 0.25) is 0 Å². The minimum Gasteiger partial charge on any atom is -0.423 e. The van der Waals surface area contributed by atoms with E-state index in [1.165, 1.54) is 0 Å². The molecule has 0 aliphatic heterocycles. The van der Waals surface area contributed by atoms with Crippen LogP contribution in [0.4, 0.5) is 0 Å². The second-order valence-electron chi connectivity index (χ2n) is 4.07. The molecule has 0 aromatic heterocycles. The standard InChI is InChI=1S/C15H14O4/c1-11(19-17)12-7-9-13(10-8-12)15(16)18-14-5-3-2-4-6-14/h2-11,17H,1H3. The molecule has 1 unspecified atom stereocenters.